The molecule has 38 heavy (non-hydrogen) atoms. The molecule has 0 fully saturated rings. The molecule has 2 aromatic carbocycles. The van der Waals surface area contributed by atoms with Crippen LogP contribution in [-0.2, 0) is 22.7 Å². The molecule has 1 aromatic heterocycles. The van der Waals surface area contributed by atoms with Crippen molar-refractivity contribution in [2.24, 2.45) is 0 Å². The summed E-state index contributed by atoms with van der Waals surface area (Å²) in [4.78, 5) is 42.8. The molecule has 4 rings (SSSR count). The van der Waals surface area contributed by atoms with Crippen molar-refractivity contribution >= 4 is 34.4 Å². The summed E-state index contributed by atoms with van der Waals surface area (Å²) >= 11 is 6.10. The van der Waals surface area contributed by atoms with Crippen LogP contribution in [0.1, 0.15) is 43.7 Å². The van der Waals surface area contributed by atoms with Crippen LogP contribution in [0.2, 0.25) is 5.02 Å². The number of fused-ring (bicyclic) bond motifs is 2. The van der Waals surface area contributed by atoms with E-state index in [2.05, 4.69) is 13.5 Å². The van der Waals surface area contributed by atoms with Gasteiger partial charge in [0, 0.05) is 24.5 Å². The van der Waals surface area contributed by atoms with Crippen molar-refractivity contribution in [2.75, 3.05) is 19.9 Å². The highest BCUT2D eigenvalue weighted by Crippen LogP contribution is 2.33. The van der Waals surface area contributed by atoms with Gasteiger partial charge in [-0.3, -0.25) is 14.4 Å². The molecular weight excluding hydrogens is 508 g/mol. The summed E-state index contributed by atoms with van der Waals surface area (Å²) in [5, 5.41) is 0.752. The normalized spacial score (nSPS) is 11.9. The number of nitrogens with zero attached hydrogens (tertiary/aromatic N) is 2. The van der Waals surface area contributed by atoms with Crippen molar-refractivity contribution in [1.29, 1.82) is 0 Å². The minimum atomic E-state index is -0.307. The number of hydrogen-bond donors (Lipinski definition) is 0. The summed E-state index contributed by atoms with van der Waals surface area (Å²) < 4.78 is 16.6. The third-order valence-corrected chi connectivity index (χ3v) is 6.59. The molecule has 0 saturated carbocycles. The summed E-state index contributed by atoms with van der Waals surface area (Å²) in [6, 6.07) is 10.3. The Labute approximate surface area is 226 Å². The smallest absolute Gasteiger partial charge is 0.242 e. The summed E-state index contributed by atoms with van der Waals surface area (Å²) in [5.74, 6) is 0.816. The van der Waals surface area contributed by atoms with Crippen LogP contribution >= 0.6 is 11.6 Å². The molecule has 0 atom stereocenters. The Morgan fingerprint density at radius 2 is 1.84 bits per heavy atom. The average Bonchev–Trinajstić information content (AvgIpc) is 3.38. The summed E-state index contributed by atoms with van der Waals surface area (Å²) in [6.07, 6.45) is 6.05. The number of hydrogen-bond acceptors (Lipinski definition) is 6. The maximum Gasteiger partial charge on any atom is 0.242 e. The Bertz CT molecular complexity index is 1390. The Kier molecular flexibility index (Phi) is 9.07. The zero-order chi connectivity index (χ0) is 27.1. The molecule has 0 bridgehead atoms. The largest absolute Gasteiger partial charge is 0.464 e. The quantitative estimate of drug-likeness (QED) is 0.230. The summed E-state index contributed by atoms with van der Waals surface area (Å²) in [5.41, 5.74) is 1.24. The lowest BCUT2D eigenvalue weighted by molar-refractivity contribution is -0.140. The van der Waals surface area contributed by atoms with Crippen molar-refractivity contribution < 1.29 is 23.5 Å². The molecule has 0 spiro atoms. The highest BCUT2D eigenvalue weighted by atomic mass is 35.5. The van der Waals surface area contributed by atoms with Crippen LogP contribution in [0.15, 0.2) is 64.5 Å². The number of amides is 2. The first-order valence-electron chi connectivity index (χ1n) is 12.6. The van der Waals surface area contributed by atoms with Crippen molar-refractivity contribution in [3.63, 3.8) is 0 Å². The third-order valence-electron chi connectivity index (χ3n) is 6.35. The van der Waals surface area contributed by atoms with Crippen LogP contribution in [0.3, 0.4) is 0 Å². The number of benzene rings is 2. The van der Waals surface area contributed by atoms with Gasteiger partial charge in [-0.25, -0.2) is 0 Å². The van der Waals surface area contributed by atoms with E-state index >= 15 is 0 Å². The van der Waals surface area contributed by atoms with E-state index < -0.39 is 0 Å². The topological polar surface area (TPSA) is 89.3 Å². The molecular formula is C29H31ClN2O6. The summed E-state index contributed by atoms with van der Waals surface area (Å²) in [7, 11) is 0. The van der Waals surface area contributed by atoms with E-state index in [4.69, 9.17) is 25.5 Å². The Balaban J connectivity index is 1.61. The molecule has 2 heterocycles. The van der Waals surface area contributed by atoms with Crippen molar-refractivity contribution in [1.82, 2.24) is 9.80 Å². The fraction of sp³-hybridized carbons (Fsp3) is 0.345. The average molecular weight is 539 g/mol. The maximum atomic E-state index is 13.6. The second-order valence-electron chi connectivity index (χ2n) is 9.19. The van der Waals surface area contributed by atoms with Gasteiger partial charge >= 0.3 is 0 Å². The standard InChI is InChI=1S/C29H31ClN2O6/c1-3-5-6-7-27(33)31(12-4-2)17-28(34)32(15-20-8-10-25-26(13-20)38-19-37-25)16-21-18-36-24-11-9-22(30)14-23(24)29(21)35/h4,8-11,13-14,18H,2-3,5-7,12,15-17,19H2,1H3. The monoisotopic (exact) mass is 538 g/mol. The molecule has 0 aliphatic carbocycles. The van der Waals surface area contributed by atoms with Crippen molar-refractivity contribution in [3.8, 4) is 11.5 Å². The Morgan fingerprint density at radius 1 is 1.03 bits per heavy atom. The molecule has 0 radical (unpaired) electrons. The molecule has 200 valence electrons. The van der Waals surface area contributed by atoms with Crippen LogP contribution in [0, 0.1) is 0 Å². The van der Waals surface area contributed by atoms with Crippen LogP contribution in [0.5, 0.6) is 11.5 Å². The molecule has 1 aliphatic rings. The molecule has 3 aromatic rings. The Morgan fingerprint density at radius 3 is 2.63 bits per heavy atom. The second-order valence-corrected chi connectivity index (χ2v) is 9.62. The lowest BCUT2D eigenvalue weighted by atomic mass is 10.1. The lowest BCUT2D eigenvalue weighted by Gasteiger charge is -2.27. The molecule has 8 nitrogen and oxygen atoms in total. The fourth-order valence-electron chi connectivity index (χ4n) is 4.31. The predicted octanol–water partition coefficient (Wildman–Crippen LogP) is 5.30. The molecule has 9 heteroatoms. The predicted molar refractivity (Wildman–Crippen MR) is 145 cm³/mol. The van der Waals surface area contributed by atoms with E-state index in [9.17, 15) is 14.4 Å². The van der Waals surface area contributed by atoms with Crippen molar-refractivity contribution in [3.05, 3.63) is 81.7 Å². The molecule has 0 unspecified atom stereocenters. The van der Waals surface area contributed by atoms with Crippen LogP contribution in [0.4, 0.5) is 0 Å². The zero-order valence-electron chi connectivity index (χ0n) is 21.4. The van der Waals surface area contributed by atoms with Gasteiger partial charge in [0.2, 0.25) is 18.6 Å². The van der Waals surface area contributed by atoms with Crippen molar-refractivity contribution in [2.45, 2.75) is 45.7 Å². The maximum absolute atomic E-state index is 13.6. The minimum Gasteiger partial charge on any atom is -0.464 e. The van der Waals surface area contributed by atoms with Gasteiger partial charge in [0.05, 0.1) is 23.8 Å². The van der Waals surface area contributed by atoms with Crippen LogP contribution in [0.25, 0.3) is 11.0 Å². The lowest BCUT2D eigenvalue weighted by Crippen LogP contribution is -2.43. The van der Waals surface area contributed by atoms with E-state index in [1.807, 2.05) is 12.1 Å². The van der Waals surface area contributed by atoms with Gasteiger partial charge in [0.15, 0.2) is 16.9 Å². The number of unbranched alkanes of at least 4 members (excludes halogenated alkanes) is 2. The van der Waals surface area contributed by atoms with Gasteiger partial charge < -0.3 is 23.7 Å². The number of ether oxygens (including phenoxy) is 2. The molecule has 0 saturated heterocycles. The first-order chi connectivity index (χ1) is 18.4. The van der Waals surface area contributed by atoms with Gasteiger partial charge in [-0.2, -0.15) is 0 Å². The third kappa shape index (κ3) is 6.55. The molecule has 2 amide bonds. The number of rotatable bonds is 12. The molecule has 0 N–H and O–H groups in total. The van der Waals surface area contributed by atoms with Crippen LogP contribution in [-0.4, -0.2) is 41.5 Å². The van der Waals surface area contributed by atoms with E-state index in [-0.39, 0.29) is 50.2 Å². The number of halogens is 1. The second kappa shape index (κ2) is 12.6. The van der Waals surface area contributed by atoms with Gasteiger partial charge in [-0.05, 0) is 42.3 Å². The summed E-state index contributed by atoms with van der Waals surface area (Å²) in [6.45, 7) is 6.25. The van der Waals surface area contributed by atoms with E-state index in [1.54, 1.807) is 30.3 Å². The van der Waals surface area contributed by atoms with E-state index in [1.165, 1.54) is 16.1 Å². The van der Waals surface area contributed by atoms with Gasteiger partial charge in [-0.15, -0.1) is 6.58 Å². The van der Waals surface area contributed by atoms with Crippen LogP contribution < -0.4 is 14.9 Å². The van der Waals surface area contributed by atoms with Gasteiger partial charge in [0.25, 0.3) is 0 Å². The minimum absolute atomic E-state index is 0.00990. The van der Waals surface area contributed by atoms with E-state index in [0.717, 1.165) is 24.8 Å². The number of carbonyl (C=O) groups excluding carboxylic acids is 2. The molecule has 1 aliphatic heterocycles. The zero-order valence-corrected chi connectivity index (χ0v) is 22.2. The van der Waals surface area contributed by atoms with Gasteiger partial charge in [-0.1, -0.05) is 43.5 Å². The SMILES string of the molecule is C=CCN(CC(=O)N(Cc1ccc2c(c1)OCO2)Cc1coc2ccc(Cl)cc2c1=O)C(=O)CCCCC. The van der Waals surface area contributed by atoms with Gasteiger partial charge in [0.1, 0.15) is 12.1 Å². The Hall–Kier alpha value is -3.78. The first kappa shape index (κ1) is 27.3. The highest BCUT2D eigenvalue weighted by molar-refractivity contribution is 6.31. The highest BCUT2D eigenvalue weighted by Gasteiger charge is 2.23. The first-order valence-corrected chi connectivity index (χ1v) is 13.0. The number of carbonyl (C=O) groups is 2. The fourth-order valence-corrected chi connectivity index (χ4v) is 4.48. The van der Waals surface area contributed by atoms with E-state index in [0.29, 0.717) is 39.5 Å².